The normalized spacial score (nSPS) is 11.2. The van der Waals surface area contributed by atoms with Crippen molar-refractivity contribution < 1.29 is 9.47 Å². The van der Waals surface area contributed by atoms with Gasteiger partial charge in [0.15, 0.2) is 11.4 Å². The van der Waals surface area contributed by atoms with Crippen molar-refractivity contribution in [2.75, 3.05) is 19.0 Å². The molecule has 0 radical (unpaired) electrons. The Balaban J connectivity index is 2.36. The van der Waals surface area contributed by atoms with Gasteiger partial charge in [0.1, 0.15) is 6.33 Å². The maximum absolute atomic E-state index is 5.42. The number of rotatable bonds is 7. The van der Waals surface area contributed by atoms with Crippen LogP contribution in [0.2, 0.25) is 0 Å². The topological polar surface area (TPSA) is 49.2 Å². The van der Waals surface area contributed by atoms with Crippen LogP contribution < -0.4 is 0 Å². The van der Waals surface area contributed by atoms with Crippen molar-refractivity contribution in [2.45, 2.75) is 25.3 Å². The monoisotopic (exact) mass is 231 g/mol. The van der Waals surface area contributed by atoms with Crippen LogP contribution in [0.25, 0.3) is 0 Å². The van der Waals surface area contributed by atoms with Crippen molar-refractivity contribution in [1.82, 2.24) is 14.8 Å². The predicted molar refractivity (Wildman–Crippen MR) is 58.8 cm³/mol. The second-order valence-corrected chi connectivity index (χ2v) is 3.80. The van der Waals surface area contributed by atoms with Crippen molar-refractivity contribution in [1.29, 1.82) is 0 Å². The molecule has 0 aliphatic carbocycles. The van der Waals surface area contributed by atoms with Gasteiger partial charge in [0.05, 0.1) is 5.75 Å². The Morgan fingerprint density at radius 3 is 2.53 bits per heavy atom. The van der Waals surface area contributed by atoms with E-state index >= 15 is 0 Å². The lowest BCUT2D eigenvalue weighted by molar-refractivity contribution is -0.120. The first-order valence-corrected chi connectivity index (χ1v) is 5.96. The molecule has 0 unspecified atom stereocenters. The molecule has 0 fully saturated rings. The largest absolute Gasteiger partial charge is 0.352 e. The van der Waals surface area contributed by atoms with Crippen LogP contribution >= 0.6 is 11.8 Å². The third-order valence-corrected chi connectivity index (χ3v) is 2.79. The summed E-state index contributed by atoms with van der Waals surface area (Å²) in [6, 6.07) is 0. The molecule has 1 heterocycles. The zero-order valence-corrected chi connectivity index (χ0v) is 10.2. The lowest BCUT2D eigenvalue weighted by Gasteiger charge is -2.15. The highest BCUT2D eigenvalue weighted by Crippen LogP contribution is 2.16. The van der Waals surface area contributed by atoms with E-state index in [1.165, 1.54) is 0 Å². The fraction of sp³-hybridized carbons (Fsp3) is 0.778. The molecule has 0 atom stereocenters. The predicted octanol–water partition coefficient (Wildman–Crippen LogP) is 1.31. The second-order valence-electron chi connectivity index (χ2n) is 2.82. The summed E-state index contributed by atoms with van der Waals surface area (Å²) in [6.07, 6.45) is 1.38. The van der Waals surface area contributed by atoms with E-state index in [2.05, 4.69) is 10.1 Å². The van der Waals surface area contributed by atoms with Crippen molar-refractivity contribution in [3.05, 3.63) is 6.33 Å². The fourth-order valence-corrected chi connectivity index (χ4v) is 1.91. The van der Waals surface area contributed by atoms with E-state index in [0.717, 1.165) is 10.9 Å². The molecule has 0 bridgehead atoms. The van der Waals surface area contributed by atoms with Crippen LogP contribution in [0.1, 0.15) is 13.8 Å². The zero-order valence-electron chi connectivity index (χ0n) is 9.34. The van der Waals surface area contributed by atoms with Gasteiger partial charge in [-0.15, -0.1) is 0 Å². The highest BCUT2D eigenvalue weighted by molar-refractivity contribution is 7.99. The molecular formula is C9H17N3O2S. The SMILES string of the molecule is CCOC(CSc1ncnn1C)OCC. The van der Waals surface area contributed by atoms with Gasteiger partial charge in [-0.3, -0.25) is 0 Å². The van der Waals surface area contributed by atoms with Gasteiger partial charge in [-0.2, -0.15) is 5.10 Å². The van der Waals surface area contributed by atoms with Crippen molar-refractivity contribution in [3.63, 3.8) is 0 Å². The van der Waals surface area contributed by atoms with E-state index in [1.54, 1.807) is 22.8 Å². The molecule has 1 rings (SSSR count). The standard InChI is InChI=1S/C9H17N3O2S/c1-4-13-8(14-5-2)6-15-9-10-7-11-12(9)3/h7-8H,4-6H2,1-3H3. The van der Waals surface area contributed by atoms with Crippen LogP contribution in [-0.4, -0.2) is 40.0 Å². The highest BCUT2D eigenvalue weighted by atomic mass is 32.2. The van der Waals surface area contributed by atoms with Gasteiger partial charge in [-0.25, -0.2) is 9.67 Å². The van der Waals surface area contributed by atoms with E-state index in [9.17, 15) is 0 Å². The number of hydrogen-bond donors (Lipinski definition) is 0. The quantitative estimate of drug-likeness (QED) is 0.523. The molecule has 86 valence electrons. The number of nitrogens with zero attached hydrogens (tertiary/aromatic N) is 3. The van der Waals surface area contributed by atoms with Crippen LogP contribution in [0.3, 0.4) is 0 Å². The molecule has 0 saturated heterocycles. The first-order valence-electron chi connectivity index (χ1n) is 4.97. The summed E-state index contributed by atoms with van der Waals surface area (Å²) < 4.78 is 12.6. The van der Waals surface area contributed by atoms with E-state index in [4.69, 9.17) is 9.47 Å². The van der Waals surface area contributed by atoms with Gasteiger partial charge >= 0.3 is 0 Å². The molecule has 0 spiro atoms. The molecule has 1 aromatic rings. The summed E-state index contributed by atoms with van der Waals surface area (Å²) in [5, 5.41) is 4.86. The third kappa shape index (κ3) is 4.19. The Kier molecular flexibility index (Phi) is 5.67. The molecule has 15 heavy (non-hydrogen) atoms. The Morgan fingerprint density at radius 1 is 1.40 bits per heavy atom. The Hall–Kier alpha value is -0.590. The molecule has 6 heteroatoms. The van der Waals surface area contributed by atoms with E-state index in [1.807, 2.05) is 20.9 Å². The second kappa shape index (κ2) is 6.81. The minimum atomic E-state index is -0.165. The number of hydrogen-bond acceptors (Lipinski definition) is 5. The summed E-state index contributed by atoms with van der Waals surface area (Å²) in [4.78, 5) is 4.11. The summed E-state index contributed by atoms with van der Waals surface area (Å²) in [6.45, 7) is 5.23. The first-order chi connectivity index (χ1) is 7.27. The lowest BCUT2D eigenvalue weighted by atomic mass is 10.7. The molecule has 5 nitrogen and oxygen atoms in total. The summed E-state index contributed by atoms with van der Waals surface area (Å²) >= 11 is 1.58. The average Bonchev–Trinajstić information content (AvgIpc) is 2.61. The summed E-state index contributed by atoms with van der Waals surface area (Å²) in [5.74, 6) is 0.730. The smallest absolute Gasteiger partial charge is 0.185 e. The molecule has 0 aromatic carbocycles. The molecule has 0 saturated carbocycles. The van der Waals surface area contributed by atoms with Crippen LogP contribution in [0.15, 0.2) is 11.5 Å². The number of ether oxygens (including phenoxy) is 2. The first kappa shape index (κ1) is 12.5. The van der Waals surface area contributed by atoms with Crippen molar-refractivity contribution in [2.24, 2.45) is 7.05 Å². The maximum Gasteiger partial charge on any atom is 0.185 e. The summed E-state index contributed by atoms with van der Waals surface area (Å²) in [5.41, 5.74) is 0. The number of thioether (sulfide) groups is 1. The molecule has 0 N–H and O–H groups in total. The van der Waals surface area contributed by atoms with E-state index in [-0.39, 0.29) is 6.29 Å². The fourth-order valence-electron chi connectivity index (χ4n) is 1.07. The summed E-state index contributed by atoms with van der Waals surface area (Å²) in [7, 11) is 1.87. The van der Waals surface area contributed by atoms with Gasteiger partial charge in [0.2, 0.25) is 0 Å². The van der Waals surface area contributed by atoms with Crippen molar-refractivity contribution >= 4 is 11.8 Å². The third-order valence-electron chi connectivity index (χ3n) is 1.72. The maximum atomic E-state index is 5.42. The van der Waals surface area contributed by atoms with Gasteiger partial charge < -0.3 is 9.47 Å². The van der Waals surface area contributed by atoms with Gasteiger partial charge in [-0.05, 0) is 13.8 Å². The van der Waals surface area contributed by atoms with Gasteiger partial charge in [-0.1, -0.05) is 11.8 Å². The number of aromatic nitrogens is 3. The lowest BCUT2D eigenvalue weighted by Crippen LogP contribution is -2.20. The van der Waals surface area contributed by atoms with Crippen molar-refractivity contribution in [3.8, 4) is 0 Å². The molecule has 0 amide bonds. The molecule has 0 aliphatic heterocycles. The van der Waals surface area contributed by atoms with E-state index < -0.39 is 0 Å². The van der Waals surface area contributed by atoms with Gasteiger partial charge in [0.25, 0.3) is 0 Å². The minimum absolute atomic E-state index is 0.165. The Morgan fingerprint density at radius 2 is 2.07 bits per heavy atom. The Labute approximate surface area is 94.2 Å². The van der Waals surface area contributed by atoms with Gasteiger partial charge in [0, 0.05) is 20.3 Å². The highest BCUT2D eigenvalue weighted by Gasteiger charge is 2.10. The van der Waals surface area contributed by atoms with E-state index in [0.29, 0.717) is 13.2 Å². The molecule has 0 aliphatic rings. The molecule has 1 aromatic heterocycles. The zero-order chi connectivity index (χ0) is 11.1. The van der Waals surface area contributed by atoms with Crippen LogP contribution in [-0.2, 0) is 16.5 Å². The van der Waals surface area contributed by atoms with Crippen LogP contribution in [0.4, 0.5) is 0 Å². The average molecular weight is 231 g/mol. The molecular weight excluding hydrogens is 214 g/mol. The van der Waals surface area contributed by atoms with Crippen LogP contribution in [0.5, 0.6) is 0 Å². The Bertz CT molecular complexity index is 274. The number of aryl methyl sites for hydroxylation is 1. The van der Waals surface area contributed by atoms with Crippen LogP contribution in [0, 0.1) is 0 Å². The minimum Gasteiger partial charge on any atom is -0.352 e.